The number of rotatable bonds is 6. The lowest BCUT2D eigenvalue weighted by molar-refractivity contribution is -0.131. The van der Waals surface area contributed by atoms with Gasteiger partial charge in [0.1, 0.15) is 18.2 Å². The normalized spacial score (nSPS) is 20.1. The molecule has 10 heteroatoms. The lowest BCUT2D eigenvalue weighted by Gasteiger charge is -2.34. The van der Waals surface area contributed by atoms with Gasteiger partial charge in [-0.15, -0.1) is 0 Å². The summed E-state index contributed by atoms with van der Waals surface area (Å²) < 4.78 is 10.6. The Morgan fingerprint density at radius 1 is 1.24 bits per heavy atom. The highest BCUT2D eigenvalue weighted by Crippen LogP contribution is 2.27. The zero-order valence-electron chi connectivity index (χ0n) is 19.3. The molecule has 2 saturated heterocycles. The molecule has 0 spiro atoms. The molecule has 2 aliphatic heterocycles. The van der Waals surface area contributed by atoms with Crippen LogP contribution >= 0.6 is 0 Å². The molecule has 0 radical (unpaired) electrons. The summed E-state index contributed by atoms with van der Waals surface area (Å²) in [6.07, 6.45) is 1.03. The van der Waals surface area contributed by atoms with E-state index >= 15 is 0 Å². The van der Waals surface area contributed by atoms with Crippen molar-refractivity contribution in [3.63, 3.8) is 0 Å². The standard InChI is InChI=1S/C23H31N5O5/c1-23(2,3)33-21(30)27-11-9-17(10-12-27)14-19(25-26-24)20(29)28-18(15-32-22(28)31)13-16-7-5-4-6-8-16/h4-8,17-19H,9-15H2,1-3H3. The number of ether oxygens (including phenoxy) is 2. The molecule has 1 aromatic carbocycles. The van der Waals surface area contributed by atoms with E-state index < -0.39 is 29.7 Å². The van der Waals surface area contributed by atoms with Gasteiger partial charge in [-0.1, -0.05) is 35.4 Å². The molecule has 33 heavy (non-hydrogen) atoms. The molecule has 0 saturated carbocycles. The fourth-order valence-electron chi connectivity index (χ4n) is 4.18. The van der Waals surface area contributed by atoms with Gasteiger partial charge in [0.05, 0.1) is 6.04 Å². The van der Waals surface area contributed by atoms with Crippen molar-refractivity contribution >= 4 is 18.1 Å². The molecule has 3 amide bonds. The second kappa shape index (κ2) is 10.6. The summed E-state index contributed by atoms with van der Waals surface area (Å²) in [4.78, 5) is 43.4. The monoisotopic (exact) mass is 457 g/mol. The summed E-state index contributed by atoms with van der Waals surface area (Å²) >= 11 is 0. The average molecular weight is 458 g/mol. The number of likely N-dealkylation sites (tertiary alicyclic amines) is 1. The first-order valence-corrected chi connectivity index (χ1v) is 11.2. The van der Waals surface area contributed by atoms with Gasteiger partial charge in [-0.25, -0.2) is 14.5 Å². The van der Waals surface area contributed by atoms with Gasteiger partial charge in [0.25, 0.3) is 0 Å². The zero-order valence-corrected chi connectivity index (χ0v) is 19.3. The maximum absolute atomic E-state index is 13.2. The highest BCUT2D eigenvalue weighted by Gasteiger charge is 2.41. The Kier molecular flexibility index (Phi) is 7.81. The number of benzene rings is 1. The minimum absolute atomic E-state index is 0.0781. The van der Waals surface area contributed by atoms with E-state index in [9.17, 15) is 14.4 Å². The fraction of sp³-hybridized carbons (Fsp3) is 0.609. The summed E-state index contributed by atoms with van der Waals surface area (Å²) in [6.45, 7) is 6.57. The number of imide groups is 1. The Bertz CT molecular complexity index is 902. The summed E-state index contributed by atoms with van der Waals surface area (Å²) in [5.74, 6) is -0.458. The predicted octanol–water partition coefficient (Wildman–Crippen LogP) is 4.29. The number of hydrogen-bond acceptors (Lipinski definition) is 6. The van der Waals surface area contributed by atoms with Crippen LogP contribution in [0.15, 0.2) is 35.4 Å². The van der Waals surface area contributed by atoms with Crippen LogP contribution < -0.4 is 0 Å². The Hall–Kier alpha value is -3.26. The minimum Gasteiger partial charge on any atom is -0.447 e. The molecule has 3 rings (SSSR count). The number of carbonyl (C=O) groups excluding carboxylic acids is 3. The molecule has 2 unspecified atom stereocenters. The van der Waals surface area contributed by atoms with E-state index in [0.29, 0.717) is 38.8 Å². The number of carbonyl (C=O) groups is 3. The fourth-order valence-corrected chi connectivity index (χ4v) is 4.18. The first-order valence-electron chi connectivity index (χ1n) is 11.2. The molecule has 0 aromatic heterocycles. The van der Waals surface area contributed by atoms with Gasteiger partial charge in [-0.05, 0) is 63.5 Å². The van der Waals surface area contributed by atoms with Gasteiger partial charge in [-0.3, -0.25) is 4.79 Å². The van der Waals surface area contributed by atoms with Gasteiger partial charge < -0.3 is 14.4 Å². The smallest absolute Gasteiger partial charge is 0.416 e. The Balaban J connectivity index is 1.61. The second-order valence-electron chi connectivity index (χ2n) is 9.50. The largest absolute Gasteiger partial charge is 0.447 e. The summed E-state index contributed by atoms with van der Waals surface area (Å²) in [5, 5.41) is 3.72. The van der Waals surface area contributed by atoms with E-state index in [0.717, 1.165) is 10.5 Å². The van der Waals surface area contributed by atoms with Crippen LogP contribution in [0.3, 0.4) is 0 Å². The van der Waals surface area contributed by atoms with Crippen molar-refractivity contribution in [3.05, 3.63) is 46.3 Å². The van der Waals surface area contributed by atoms with Gasteiger partial charge >= 0.3 is 12.2 Å². The van der Waals surface area contributed by atoms with Crippen molar-refractivity contribution in [1.82, 2.24) is 9.80 Å². The van der Waals surface area contributed by atoms with Crippen molar-refractivity contribution in [2.45, 2.75) is 64.1 Å². The number of amides is 3. The van der Waals surface area contributed by atoms with E-state index in [4.69, 9.17) is 15.0 Å². The molecule has 2 aliphatic rings. The van der Waals surface area contributed by atoms with Gasteiger partial charge in [0, 0.05) is 18.0 Å². The van der Waals surface area contributed by atoms with E-state index in [1.807, 2.05) is 51.1 Å². The van der Waals surface area contributed by atoms with Gasteiger partial charge in [-0.2, -0.15) is 0 Å². The van der Waals surface area contributed by atoms with Crippen LogP contribution in [0.5, 0.6) is 0 Å². The number of nitrogens with zero attached hydrogens (tertiary/aromatic N) is 5. The second-order valence-corrected chi connectivity index (χ2v) is 9.50. The quantitative estimate of drug-likeness (QED) is 0.358. The SMILES string of the molecule is CC(C)(C)OC(=O)N1CCC(CC(N=[N+]=[N-])C(=O)N2C(=O)OCC2Cc2ccccc2)CC1. The van der Waals surface area contributed by atoms with Crippen LogP contribution in [0, 0.1) is 5.92 Å². The molecule has 2 atom stereocenters. The van der Waals surface area contributed by atoms with Crippen molar-refractivity contribution in [2.24, 2.45) is 11.0 Å². The van der Waals surface area contributed by atoms with Crippen molar-refractivity contribution < 1.29 is 23.9 Å². The molecule has 178 valence electrons. The van der Waals surface area contributed by atoms with Crippen LogP contribution in [0.2, 0.25) is 0 Å². The maximum Gasteiger partial charge on any atom is 0.416 e. The lowest BCUT2D eigenvalue weighted by atomic mass is 9.90. The maximum atomic E-state index is 13.2. The number of cyclic esters (lactones) is 1. The van der Waals surface area contributed by atoms with Crippen LogP contribution in [0.1, 0.15) is 45.6 Å². The zero-order chi connectivity index (χ0) is 24.0. The van der Waals surface area contributed by atoms with Crippen molar-refractivity contribution in [1.29, 1.82) is 0 Å². The Labute approximate surface area is 193 Å². The molecule has 0 aliphatic carbocycles. The highest BCUT2D eigenvalue weighted by atomic mass is 16.6. The molecule has 10 nitrogen and oxygen atoms in total. The van der Waals surface area contributed by atoms with E-state index in [1.54, 1.807) is 4.90 Å². The van der Waals surface area contributed by atoms with Gasteiger partial charge in [0.15, 0.2) is 0 Å². The highest BCUT2D eigenvalue weighted by molar-refractivity contribution is 5.96. The first kappa shape index (κ1) is 24.4. The average Bonchev–Trinajstić information content (AvgIpc) is 3.12. The predicted molar refractivity (Wildman–Crippen MR) is 120 cm³/mol. The molecular formula is C23H31N5O5. The van der Waals surface area contributed by atoms with Gasteiger partial charge in [0.2, 0.25) is 5.91 Å². The molecule has 0 bridgehead atoms. The molecule has 0 N–H and O–H groups in total. The minimum atomic E-state index is -1.00. The Morgan fingerprint density at radius 2 is 1.91 bits per heavy atom. The third-order valence-corrected chi connectivity index (χ3v) is 5.81. The summed E-state index contributed by atoms with van der Waals surface area (Å²) in [7, 11) is 0. The van der Waals surface area contributed by atoms with Crippen LogP contribution in [-0.2, 0) is 20.7 Å². The molecular weight excluding hydrogens is 426 g/mol. The van der Waals surface area contributed by atoms with Crippen LogP contribution in [0.4, 0.5) is 9.59 Å². The molecule has 1 aromatic rings. The van der Waals surface area contributed by atoms with Crippen molar-refractivity contribution in [3.8, 4) is 0 Å². The third-order valence-electron chi connectivity index (χ3n) is 5.81. The third kappa shape index (κ3) is 6.61. The first-order chi connectivity index (χ1) is 15.7. The summed E-state index contributed by atoms with van der Waals surface area (Å²) in [6, 6.07) is 8.09. The molecule has 2 fully saturated rings. The topological polar surface area (TPSA) is 125 Å². The number of azide groups is 1. The summed E-state index contributed by atoms with van der Waals surface area (Å²) in [5.41, 5.74) is 9.47. The van der Waals surface area contributed by atoms with Crippen LogP contribution in [0.25, 0.3) is 10.4 Å². The number of piperidine rings is 1. The van der Waals surface area contributed by atoms with E-state index in [2.05, 4.69) is 10.0 Å². The number of hydrogen-bond donors (Lipinski definition) is 0. The molecule has 2 heterocycles. The lowest BCUT2D eigenvalue weighted by Crippen LogP contribution is -2.46. The van der Waals surface area contributed by atoms with Crippen molar-refractivity contribution in [2.75, 3.05) is 19.7 Å². The van der Waals surface area contributed by atoms with Crippen LogP contribution in [-0.4, -0.2) is 65.3 Å². The Morgan fingerprint density at radius 3 is 2.52 bits per heavy atom. The van der Waals surface area contributed by atoms with E-state index in [-0.39, 0.29) is 18.6 Å². The van der Waals surface area contributed by atoms with E-state index in [1.165, 1.54) is 0 Å².